The number of nitriles is 1. The Balaban J connectivity index is 1.45. The third-order valence-corrected chi connectivity index (χ3v) is 5.98. The fraction of sp³-hybridized carbons (Fsp3) is 0.409. The molecule has 3 aromatic rings. The van der Waals surface area contributed by atoms with Gasteiger partial charge < -0.3 is 15.8 Å². The number of halogens is 1. The highest BCUT2D eigenvalue weighted by atomic mass is 19.1. The van der Waals surface area contributed by atoms with Crippen LogP contribution in [0.2, 0.25) is 0 Å². The molecule has 3 N–H and O–H groups in total. The first-order chi connectivity index (χ1) is 15.1. The van der Waals surface area contributed by atoms with Crippen molar-refractivity contribution in [2.45, 2.75) is 31.6 Å². The standard InChI is InChI=1S/C22H24FN7O/c23-17-7-15(11-24)8-18(9-17)27-21-10-20(25-12-14-3-5-29(31)6-4-14)28-22-19(16-1-2-16)13-26-30(21)22/h7-10,13-14,16,27,31H,1-6,12H2,(H,25,28). The van der Waals surface area contributed by atoms with Crippen LogP contribution in [-0.2, 0) is 0 Å². The van der Waals surface area contributed by atoms with Gasteiger partial charge in [-0.25, -0.2) is 9.37 Å². The third-order valence-electron chi connectivity index (χ3n) is 5.98. The summed E-state index contributed by atoms with van der Waals surface area (Å²) in [7, 11) is 0. The van der Waals surface area contributed by atoms with Crippen LogP contribution in [0.15, 0.2) is 30.5 Å². The van der Waals surface area contributed by atoms with Gasteiger partial charge in [-0.3, -0.25) is 0 Å². The largest absolute Gasteiger partial charge is 0.370 e. The topological polar surface area (TPSA) is 102 Å². The zero-order valence-corrected chi connectivity index (χ0v) is 17.1. The van der Waals surface area contributed by atoms with Crippen molar-refractivity contribution in [3.63, 3.8) is 0 Å². The average Bonchev–Trinajstić information content (AvgIpc) is 3.52. The van der Waals surface area contributed by atoms with E-state index < -0.39 is 5.82 Å². The van der Waals surface area contributed by atoms with E-state index in [2.05, 4.69) is 15.7 Å². The second-order valence-corrected chi connectivity index (χ2v) is 8.38. The smallest absolute Gasteiger partial charge is 0.163 e. The summed E-state index contributed by atoms with van der Waals surface area (Å²) in [6, 6.07) is 8.01. The molecule has 0 atom stereocenters. The van der Waals surface area contributed by atoms with Crippen molar-refractivity contribution < 1.29 is 9.60 Å². The van der Waals surface area contributed by atoms with Crippen molar-refractivity contribution in [2.75, 3.05) is 30.3 Å². The zero-order valence-electron chi connectivity index (χ0n) is 17.1. The summed E-state index contributed by atoms with van der Waals surface area (Å²) < 4.78 is 15.7. The number of nitrogens with one attached hydrogen (secondary N) is 2. The van der Waals surface area contributed by atoms with Gasteiger partial charge in [-0.15, -0.1) is 0 Å². The van der Waals surface area contributed by atoms with Crippen LogP contribution in [0, 0.1) is 23.1 Å². The van der Waals surface area contributed by atoms with Crippen LogP contribution < -0.4 is 10.6 Å². The van der Waals surface area contributed by atoms with E-state index in [0.717, 1.165) is 49.3 Å². The van der Waals surface area contributed by atoms with Crippen molar-refractivity contribution >= 4 is 23.0 Å². The summed E-state index contributed by atoms with van der Waals surface area (Å²) in [5.74, 6) is 1.85. The number of hydrogen-bond donors (Lipinski definition) is 3. The first-order valence-electron chi connectivity index (χ1n) is 10.6. The normalized spacial score (nSPS) is 17.6. The quantitative estimate of drug-likeness (QED) is 0.555. The van der Waals surface area contributed by atoms with Crippen LogP contribution >= 0.6 is 0 Å². The molecule has 2 aromatic heterocycles. The highest BCUT2D eigenvalue weighted by molar-refractivity contribution is 5.67. The number of benzene rings is 1. The molecule has 3 heterocycles. The van der Waals surface area contributed by atoms with Gasteiger partial charge in [0.2, 0.25) is 0 Å². The molecule has 160 valence electrons. The lowest BCUT2D eigenvalue weighted by Gasteiger charge is -2.27. The van der Waals surface area contributed by atoms with E-state index in [0.29, 0.717) is 36.4 Å². The predicted molar refractivity (Wildman–Crippen MR) is 114 cm³/mol. The van der Waals surface area contributed by atoms with Crippen LogP contribution in [-0.4, -0.2) is 44.5 Å². The van der Waals surface area contributed by atoms with Gasteiger partial charge in [0.25, 0.3) is 0 Å². The molecule has 0 spiro atoms. The Morgan fingerprint density at radius 3 is 2.71 bits per heavy atom. The summed E-state index contributed by atoms with van der Waals surface area (Å²) in [5.41, 5.74) is 2.64. The van der Waals surface area contributed by atoms with E-state index in [1.165, 1.54) is 17.2 Å². The maximum atomic E-state index is 13.9. The maximum absolute atomic E-state index is 13.9. The van der Waals surface area contributed by atoms with E-state index in [1.54, 1.807) is 10.6 Å². The second-order valence-electron chi connectivity index (χ2n) is 8.38. The van der Waals surface area contributed by atoms with E-state index >= 15 is 0 Å². The molecule has 2 fully saturated rings. The van der Waals surface area contributed by atoms with Gasteiger partial charge in [-0.1, -0.05) is 0 Å². The summed E-state index contributed by atoms with van der Waals surface area (Å²) in [5, 5.41) is 31.2. The Morgan fingerprint density at radius 1 is 1.16 bits per heavy atom. The van der Waals surface area contributed by atoms with Gasteiger partial charge in [-0.05, 0) is 55.7 Å². The average molecular weight is 421 g/mol. The lowest BCUT2D eigenvalue weighted by Crippen LogP contribution is -2.33. The minimum absolute atomic E-state index is 0.250. The lowest BCUT2D eigenvalue weighted by molar-refractivity contribution is -0.111. The van der Waals surface area contributed by atoms with E-state index in [4.69, 9.17) is 10.2 Å². The van der Waals surface area contributed by atoms with Crippen molar-refractivity contribution in [3.8, 4) is 6.07 Å². The molecule has 0 radical (unpaired) electrons. The minimum Gasteiger partial charge on any atom is -0.370 e. The lowest BCUT2D eigenvalue weighted by atomic mass is 9.98. The minimum atomic E-state index is -0.473. The number of fused-ring (bicyclic) bond motifs is 1. The molecule has 1 aliphatic carbocycles. The predicted octanol–water partition coefficient (Wildman–Crippen LogP) is 3.87. The number of rotatable bonds is 6. The molecule has 1 aliphatic heterocycles. The highest BCUT2D eigenvalue weighted by Gasteiger charge is 2.28. The van der Waals surface area contributed by atoms with Crippen molar-refractivity contribution in [1.29, 1.82) is 5.26 Å². The van der Waals surface area contributed by atoms with Gasteiger partial charge in [0, 0.05) is 37.0 Å². The first kappa shape index (κ1) is 19.7. The molecule has 8 nitrogen and oxygen atoms in total. The maximum Gasteiger partial charge on any atom is 0.163 e. The molecule has 1 aromatic carbocycles. The van der Waals surface area contributed by atoms with Crippen LogP contribution in [0.4, 0.5) is 21.7 Å². The summed E-state index contributed by atoms with van der Waals surface area (Å²) >= 11 is 0. The molecule has 31 heavy (non-hydrogen) atoms. The summed E-state index contributed by atoms with van der Waals surface area (Å²) in [6.45, 7) is 2.13. The Hall–Kier alpha value is -3.22. The number of piperidine rings is 1. The van der Waals surface area contributed by atoms with Crippen LogP contribution in [0.1, 0.15) is 42.7 Å². The Bertz CT molecular complexity index is 1140. The van der Waals surface area contributed by atoms with Gasteiger partial charge >= 0.3 is 0 Å². The summed E-state index contributed by atoms with van der Waals surface area (Å²) in [4.78, 5) is 4.81. The molecule has 1 saturated heterocycles. The van der Waals surface area contributed by atoms with E-state index in [1.807, 2.05) is 18.3 Å². The van der Waals surface area contributed by atoms with Crippen molar-refractivity contribution in [2.24, 2.45) is 5.92 Å². The number of nitrogens with zero attached hydrogens (tertiary/aromatic N) is 5. The molecule has 9 heteroatoms. The fourth-order valence-electron chi connectivity index (χ4n) is 4.09. The molecule has 0 unspecified atom stereocenters. The molecular weight excluding hydrogens is 397 g/mol. The molecule has 0 bridgehead atoms. The molecule has 2 aliphatic rings. The zero-order chi connectivity index (χ0) is 21.4. The molecular formula is C22H24FN7O. The van der Waals surface area contributed by atoms with Gasteiger partial charge in [0.15, 0.2) is 5.65 Å². The van der Waals surface area contributed by atoms with Gasteiger partial charge in [-0.2, -0.15) is 19.9 Å². The van der Waals surface area contributed by atoms with Crippen LogP contribution in [0.3, 0.4) is 0 Å². The molecule has 0 amide bonds. The van der Waals surface area contributed by atoms with Crippen LogP contribution in [0.5, 0.6) is 0 Å². The van der Waals surface area contributed by atoms with Gasteiger partial charge in [0.1, 0.15) is 17.5 Å². The van der Waals surface area contributed by atoms with E-state index in [-0.39, 0.29) is 5.56 Å². The molecule has 1 saturated carbocycles. The number of anilines is 3. The number of aromatic nitrogens is 3. The Labute approximate surface area is 179 Å². The number of hydroxylamine groups is 2. The van der Waals surface area contributed by atoms with E-state index in [9.17, 15) is 9.60 Å². The SMILES string of the molecule is N#Cc1cc(F)cc(Nc2cc(NCC3CCN(O)CC3)nc3c(C4CC4)cnn23)c1. The highest BCUT2D eigenvalue weighted by Crippen LogP contribution is 2.42. The van der Waals surface area contributed by atoms with Crippen molar-refractivity contribution in [3.05, 3.63) is 47.4 Å². The van der Waals surface area contributed by atoms with Gasteiger partial charge in [0.05, 0.1) is 17.8 Å². The molecule has 5 rings (SSSR count). The number of hydrogen-bond acceptors (Lipinski definition) is 7. The Kier molecular flexibility index (Phi) is 5.18. The summed E-state index contributed by atoms with van der Waals surface area (Å²) in [6.07, 6.45) is 5.99. The Morgan fingerprint density at radius 2 is 1.97 bits per heavy atom. The van der Waals surface area contributed by atoms with Crippen LogP contribution in [0.25, 0.3) is 5.65 Å². The first-order valence-corrected chi connectivity index (χ1v) is 10.6. The fourth-order valence-corrected chi connectivity index (χ4v) is 4.09. The second kappa shape index (κ2) is 8.13. The third kappa shape index (κ3) is 4.31. The monoisotopic (exact) mass is 421 g/mol. The van der Waals surface area contributed by atoms with Crippen molar-refractivity contribution in [1.82, 2.24) is 19.7 Å².